The molecule has 8 N–H and O–H groups in total. The van der Waals surface area contributed by atoms with Crippen LogP contribution in [0.5, 0.6) is 0 Å². The van der Waals surface area contributed by atoms with E-state index in [-0.39, 0.29) is 93.5 Å². The van der Waals surface area contributed by atoms with Crippen molar-refractivity contribution in [3.8, 4) is 12.1 Å². The van der Waals surface area contributed by atoms with Crippen LogP contribution in [0.1, 0.15) is 112 Å². The number of thiocarbonyl (C=S) groups is 1. The van der Waals surface area contributed by atoms with Gasteiger partial charge in [-0.05, 0) is 59.7 Å². The molecule has 386 valence electrons. The molecule has 0 bridgehead atoms. The van der Waals surface area contributed by atoms with Crippen molar-refractivity contribution in [2.75, 3.05) is 30.6 Å². The van der Waals surface area contributed by atoms with E-state index in [1.807, 2.05) is 0 Å². The van der Waals surface area contributed by atoms with Gasteiger partial charge in [-0.25, -0.2) is 54.7 Å². The minimum atomic E-state index is -3.01. The van der Waals surface area contributed by atoms with E-state index in [0.717, 1.165) is 29.6 Å². The third kappa shape index (κ3) is 21.2. The summed E-state index contributed by atoms with van der Waals surface area (Å²) >= 11 is 15.9. The van der Waals surface area contributed by atoms with Crippen LogP contribution in [-0.4, -0.2) is 80.0 Å². The number of carboxylic acids is 1. The average Bonchev–Trinajstić information content (AvgIpc) is 3.78. The number of pyridine rings is 3. The summed E-state index contributed by atoms with van der Waals surface area (Å²) in [6.07, 6.45) is -11.5. The molecule has 0 aromatic carbocycles. The number of aromatic carboxylic acids is 1. The topological polar surface area (TPSA) is 291 Å². The molecule has 5 aromatic heterocycles. The van der Waals surface area contributed by atoms with Crippen molar-refractivity contribution < 1.29 is 73.7 Å². The molecule has 5 aromatic rings. The van der Waals surface area contributed by atoms with Gasteiger partial charge in [0.25, 0.3) is 25.7 Å². The molecule has 5 rings (SSSR count). The number of aromatic amines is 1. The van der Waals surface area contributed by atoms with Crippen LogP contribution in [-0.2, 0) is 23.9 Å². The molecule has 0 saturated heterocycles. The Bertz CT molecular complexity index is 2830. The first-order valence-electron chi connectivity index (χ1n) is 19.5. The summed E-state index contributed by atoms with van der Waals surface area (Å²) in [5, 5.41) is 25.5. The van der Waals surface area contributed by atoms with E-state index in [1.165, 1.54) is 18.2 Å². The second-order valence-corrected chi connectivity index (χ2v) is 16.5. The number of rotatable bonds is 12. The first-order valence-corrected chi connectivity index (χ1v) is 22.5. The van der Waals surface area contributed by atoms with Crippen LogP contribution < -0.4 is 17.2 Å². The molecule has 0 radical (unpaired) electrons. The number of alkyl halides is 9. The summed E-state index contributed by atoms with van der Waals surface area (Å²) in [4.78, 5) is 64.2. The molecule has 5 heterocycles. The fraction of sp³-hybridized carbons (Fsp3) is 0.357. The molecule has 0 aliphatic heterocycles. The van der Waals surface area contributed by atoms with Gasteiger partial charge in [-0.2, -0.15) is 10.5 Å². The normalized spacial score (nSPS) is 10.2. The van der Waals surface area contributed by atoms with Crippen LogP contribution in [0.3, 0.4) is 0 Å². The molecule has 0 aliphatic rings. The number of nitriles is 2. The van der Waals surface area contributed by atoms with Crippen molar-refractivity contribution in [3.63, 3.8) is 0 Å². The number of nitrogens with one attached hydrogen (secondary N) is 1. The first kappa shape index (κ1) is 64.5. The number of aryl methyl sites for hydroxylation is 3. The largest absolute Gasteiger partial charge is 0.477 e. The number of esters is 2. The molecular formula is C42H43ClF8N8O8S4. The van der Waals surface area contributed by atoms with Crippen LogP contribution in [0.15, 0.2) is 18.2 Å². The number of nitrogen functional groups attached to an aromatic ring is 2. The summed E-state index contributed by atoms with van der Waals surface area (Å²) in [5.74, 6) is -4.08. The van der Waals surface area contributed by atoms with E-state index in [4.69, 9.17) is 61.4 Å². The number of carbonyl (C=O) groups is 5. The van der Waals surface area contributed by atoms with Gasteiger partial charge in [0, 0.05) is 44.5 Å². The highest BCUT2D eigenvalue weighted by Crippen LogP contribution is 2.40. The summed E-state index contributed by atoms with van der Waals surface area (Å²) < 4.78 is 108. The van der Waals surface area contributed by atoms with Crippen LogP contribution in [0.25, 0.3) is 20.4 Å². The number of carboxylic acid groups (broad SMARTS) is 1. The summed E-state index contributed by atoms with van der Waals surface area (Å²) in [7, 11) is 0. The lowest BCUT2D eigenvalue weighted by Gasteiger charge is -2.04. The summed E-state index contributed by atoms with van der Waals surface area (Å²) in [5.41, 5.74) is 16.6. The van der Waals surface area contributed by atoms with Gasteiger partial charge in [0.1, 0.15) is 41.8 Å². The zero-order valence-electron chi connectivity index (χ0n) is 37.9. The number of anilines is 2. The van der Waals surface area contributed by atoms with Gasteiger partial charge < -0.3 is 36.8 Å². The van der Waals surface area contributed by atoms with E-state index in [9.17, 15) is 59.1 Å². The summed E-state index contributed by atoms with van der Waals surface area (Å²) in [6.45, 7) is 9.90. The van der Waals surface area contributed by atoms with Crippen LogP contribution in [0, 0.1) is 48.1 Å². The number of aromatic nitrogens is 3. The number of thiophene rings is 2. The standard InChI is InChI=1S/C12H12F2N2O2S.C10H8F2N2O2S.C8H6F2N2S.C5H6F2O2.C4H7ClO2.C3H4N2S/c1-3-18-12(17)9-8(15)7-6(10(13)14)4-5(2)16-11(7)19-9;1-3-2-4(8(11)12)5-6(13)7(10(15)16)17-9(5)14-3;1-4-2-5(7(9)10)6(3-11)8(13)12-4;1-3(8)2-4(9)5(6)7;1-2-7-4(6)3-5;4-2-1-3(5)6/h4,10H,3,15H2,1-2H3;2,8H,13H2,1H3,(H,15,16);2,7H,1H3,(H,12,13);5H,2H2,1H3;2-3H2,1H3;1H2,(H2,5,6). The van der Waals surface area contributed by atoms with E-state index < -0.39 is 55.6 Å². The van der Waals surface area contributed by atoms with Gasteiger partial charge in [-0.3, -0.25) is 14.4 Å². The molecule has 0 saturated carbocycles. The highest BCUT2D eigenvalue weighted by molar-refractivity contribution is 7.80. The Balaban J connectivity index is 0.000000869. The lowest BCUT2D eigenvalue weighted by molar-refractivity contribution is -0.140. The summed E-state index contributed by atoms with van der Waals surface area (Å²) in [6, 6.07) is 7.20. The Hall–Kier alpha value is -6.46. The third-order valence-corrected chi connectivity index (χ3v) is 10.6. The number of hydrogen-bond donors (Lipinski definition) is 5. The predicted molar refractivity (Wildman–Crippen MR) is 257 cm³/mol. The van der Waals surface area contributed by atoms with Crippen molar-refractivity contribution in [3.05, 3.63) is 71.9 Å². The monoisotopic (exact) mass is 1100 g/mol. The van der Waals surface area contributed by atoms with Crippen LogP contribution in [0.4, 0.5) is 46.5 Å². The van der Waals surface area contributed by atoms with Gasteiger partial charge in [-0.15, -0.1) is 34.3 Å². The Morgan fingerprint density at radius 3 is 1.58 bits per heavy atom. The minimum Gasteiger partial charge on any atom is -0.477 e. The van der Waals surface area contributed by atoms with E-state index in [2.05, 4.69) is 31.9 Å². The molecule has 16 nitrogen and oxygen atoms in total. The number of ketones is 2. The number of hydrogen-bond acceptors (Lipinski definition) is 17. The maximum Gasteiger partial charge on any atom is 0.350 e. The SMILES string of the molecule is CC(=O)CC(=O)C(F)F.CCOC(=O)CCl.CCOC(=O)c1sc2nc(C)cc(C(F)F)c2c1N.Cc1cc(C(F)F)c(C#N)c(=S)[nH]1.Cc1cc(C(F)F)c2c(N)c(C(=O)O)sc2n1.N#CCC(N)=S. The Labute approximate surface area is 422 Å². The Morgan fingerprint density at radius 2 is 1.27 bits per heavy atom. The van der Waals surface area contributed by atoms with Gasteiger partial charge >= 0.3 is 17.9 Å². The first-order chi connectivity index (χ1) is 33.0. The van der Waals surface area contributed by atoms with Gasteiger partial charge in [0.15, 0.2) is 0 Å². The fourth-order valence-corrected chi connectivity index (χ4v) is 7.56. The van der Waals surface area contributed by atoms with E-state index >= 15 is 0 Å². The quantitative estimate of drug-likeness (QED) is 0.0255. The number of nitrogens with zero attached hydrogens (tertiary/aromatic N) is 4. The number of ether oxygens (including phenoxy) is 2. The smallest absolute Gasteiger partial charge is 0.350 e. The number of H-pyrrole nitrogens is 1. The Morgan fingerprint density at radius 1 is 0.817 bits per heavy atom. The highest BCUT2D eigenvalue weighted by atomic mass is 35.5. The predicted octanol–water partition coefficient (Wildman–Crippen LogP) is 10.8. The molecular weight excluding hydrogens is 1060 g/mol. The van der Waals surface area contributed by atoms with Crippen LogP contribution in [0.2, 0.25) is 0 Å². The van der Waals surface area contributed by atoms with Crippen molar-refractivity contribution in [2.24, 2.45) is 5.73 Å². The Kier molecular flexibility index (Phi) is 28.8. The molecule has 0 amide bonds. The molecule has 0 atom stereocenters. The molecule has 0 spiro atoms. The zero-order chi connectivity index (χ0) is 55.0. The zero-order valence-corrected chi connectivity index (χ0v) is 42.0. The van der Waals surface area contributed by atoms with Crippen LogP contribution >= 0.6 is 58.7 Å². The number of fused-ring (bicyclic) bond motifs is 2. The number of Topliss-reactive ketones (excluding diaryl/α,β-unsaturated/α-hetero) is 2. The van der Waals surface area contributed by atoms with Crippen molar-refractivity contribution >= 4 is 125 Å². The van der Waals surface area contributed by atoms with Crippen molar-refractivity contribution in [2.45, 2.75) is 80.1 Å². The van der Waals surface area contributed by atoms with E-state index in [1.54, 1.807) is 46.8 Å². The average molecular weight is 1100 g/mol. The van der Waals surface area contributed by atoms with Crippen molar-refractivity contribution in [1.29, 1.82) is 10.5 Å². The van der Waals surface area contributed by atoms with Crippen molar-refractivity contribution in [1.82, 2.24) is 15.0 Å². The second kappa shape index (κ2) is 31.7. The molecule has 71 heavy (non-hydrogen) atoms. The maximum absolute atomic E-state index is 13.0. The van der Waals surface area contributed by atoms with E-state index in [0.29, 0.717) is 28.5 Å². The van der Waals surface area contributed by atoms with Gasteiger partial charge in [-0.1, -0.05) is 24.4 Å². The third-order valence-electron chi connectivity index (χ3n) is 7.72. The lowest BCUT2D eigenvalue weighted by Crippen LogP contribution is -2.12. The lowest BCUT2D eigenvalue weighted by atomic mass is 10.1. The number of halogens is 9. The fourth-order valence-electron chi connectivity index (χ4n) is 5.01. The molecule has 0 aliphatic carbocycles. The molecule has 29 heteroatoms. The van der Waals surface area contributed by atoms with Gasteiger partial charge in [0.2, 0.25) is 5.78 Å². The molecule has 0 fully saturated rings. The minimum absolute atomic E-state index is 0.0150. The van der Waals surface area contributed by atoms with Gasteiger partial charge in [0.05, 0.1) is 54.1 Å². The maximum atomic E-state index is 13.0. The second-order valence-electron chi connectivity index (χ2n) is 13.3. The molecule has 0 unspecified atom stereocenters. The highest BCUT2D eigenvalue weighted by Gasteiger charge is 2.25. The number of carbonyl (C=O) groups excluding carboxylic acids is 4. The number of nitrogens with two attached hydrogens (primary N) is 3.